The van der Waals surface area contributed by atoms with Gasteiger partial charge in [0.2, 0.25) is 0 Å². The van der Waals surface area contributed by atoms with Crippen LogP contribution in [0.3, 0.4) is 0 Å². The Morgan fingerprint density at radius 3 is 2.42 bits per heavy atom. The average Bonchev–Trinajstić information content (AvgIpc) is 2.87. The van der Waals surface area contributed by atoms with Gasteiger partial charge < -0.3 is 4.74 Å². The zero-order valence-corrected chi connectivity index (χ0v) is 20.8. The van der Waals surface area contributed by atoms with E-state index in [1.807, 2.05) is 24.3 Å². The Labute approximate surface area is 213 Å². The fourth-order valence-corrected chi connectivity index (χ4v) is 5.10. The maximum Gasteiger partial charge on any atom is 0.270 e. The predicted molar refractivity (Wildman–Crippen MR) is 136 cm³/mol. The van der Waals surface area contributed by atoms with Crippen molar-refractivity contribution in [3.63, 3.8) is 0 Å². The molecule has 0 unspecified atom stereocenters. The number of azo groups is 1. The van der Waals surface area contributed by atoms with Crippen LogP contribution in [0.4, 0.5) is 17.1 Å². The minimum atomic E-state index is -4.24. The Balaban J connectivity index is 1.51. The Bertz CT molecular complexity index is 1360. The van der Waals surface area contributed by atoms with Crippen molar-refractivity contribution in [1.29, 1.82) is 0 Å². The lowest BCUT2D eigenvalue weighted by Gasteiger charge is -2.26. The van der Waals surface area contributed by atoms with Crippen LogP contribution < -0.4 is 4.72 Å². The zero-order chi connectivity index (χ0) is 25.5. The Hall–Kier alpha value is -3.38. The van der Waals surface area contributed by atoms with Crippen molar-refractivity contribution in [2.75, 3.05) is 31.0 Å². The molecule has 10 nitrogen and oxygen atoms in total. The molecule has 1 aliphatic rings. The van der Waals surface area contributed by atoms with E-state index < -0.39 is 14.9 Å². The summed E-state index contributed by atoms with van der Waals surface area (Å²) >= 11 is 6.07. The van der Waals surface area contributed by atoms with Crippen LogP contribution in [0.5, 0.6) is 0 Å². The van der Waals surface area contributed by atoms with Gasteiger partial charge in [-0.05, 0) is 29.3 Å². The smallest absolute Gasteiger partial charge is 0.270 e. The molecular weight excluding hydrogens is 506 g/mol. The van der Waals surface area contributed by atoms with Crippen molar-refractivity contribution in [2.45, 2.75) is 18.0 Å². The van der Waals surface area contributed by atoms with Crippen molar-refractivity contribution in [1.82, 2.24) is 4.90 Å². The minimum absolute atomic E-state index is 0.0240. The lowest BCUT2D eigenvalue weighted by atomic mass is 10.1. The number of hydrogen-bond acceptors (Lipinski definition) is 8. The van der Waals surface area contributed by atoms with E-state index >= 15 is 0 Å². The molecule has 4 rings (SSSR count). The number of hydrogen-bond donors (Lipinski definition) is 1. The number of nitrogens with one attached hydrogen (secondary N) is 1. The molecule has 1 aliphatic heterocycles. The maximum atomic E-state index is 13.1. The van der Waals surface area contributed by atoms with Gasteiger partial charge in [0, 0.05) is 31.8 Å². The Kier molecular flexibility index (Phi) is 8.26. The number of benzene rings is 3. The summed E-state index contributed by atoms with van der Waals surface area (Å²) in [4.78, 5) is 12.5. The molecule has 0 amide bonds. The molecule has 0 bridgehead atoms. The van der Waals surface area contributed by atoms with Gasteiger partial charge in [0.05, 0.1) is 35.4 Å². The van der Waals surface area contributed by atoms with Crippen LogP contribution >= 0.6 is 11.6 Å². The standard InChI is InChI=1S/C24H24ClN5O5S/c25-21-3-1-2-4-22(21)28-36(33,34)24-15-20(30(31)32)9-10-23(24)27-26-16-18-5-7-19(8-6-18)17-29-11-13-35-14-12-29/h1-10,15,28H,11-14,16-17H2. The van der Waals surface area contributed by atoms with E-state index in [4.69, 9.17) is 16.3 Å². The number of nitro benzene ring substituents is 1. The van der Waals surface area contributed by atoms with Crippen molar-refractivity contribution in [3.05, 3.63) is 93.0 Å². The normalized spacial score (nSPS) is 14.7. The molecular formula is C24H24ClN5O5S. The topological polar surface area (TPSA) is 126 Å². The summed E-state index contributed by atoms with van der Waals surface area (Å²) in [6.07, 6.45) is 0. The number of para-hydroxylation sites is 1. The molecule has 1 fully saturated rings. The first-order valence-corrected chi connectivity index (χ1v) is 13.0. The molecule has 36 heavy (non-hydrogen) atoms. The lowest BCUT2D eigenvalue weighted by molar-refractivity contribution is -0.385. The van der Waals surface area contributed by atoms with Gasteiger partial charge in [-0.15, -0.1) is 0 Å². The summed E-state index contributed by atoms with van der Waals surface area (Å²) in [5, 5.41) is 19.7. The molecule has 0 spiro atoms. The molecule has 188 valence electrons. The highest BCUT2D eigenvalue weighted by Crippen LogP contribution is 2.32. The lowest BCUT2D eigenvalue weighted by Crippen LogP contribution is -2.35. The van der Waals surface area contributed by atoms with E-state index in [0.29, 0.717) is 0 Å². The molecule has 1 heterocycles. The molecule has 1 N–H and O–H groups in total. The van der Waals surface area contributed by atoms with Crippen molar-refractivity contribution in [3.8, 4) is 0 Å². The van der Waals surface area contributed by atoms with E-state index in [-0.39, 0.29) is 33.5 Å². The number of nitro groups is 1. The summed E-state index contributed by atoms with van der Waals surface area (Å²) < 4.78 is 33.9. The second-order valence-electron chi connectivity index (χ2n) is 8.10. The number of ether oxygens (including phenoxy) is 1. The highest BCUT2D eigenvalue weighted by atomic mass is 35.5. The fraction of sp³-hybridized carbons (Fsp3) is 0.250. The molecule has 3 aromatic carbocycles. The summed E-state index contributed by atoms with van der Waals surface area (Å²) in [5.41, 5.74) is 1.80. The summed E-state index contributed by atoms with van der Waals surface area (Å²) in [7, 11) is -4.24. The predicted octanol–water partition coefficient (Wildman–Crippen LogP) is 5.17. The number of non-ortho nitro benzene ring substituents is 1. The van der Waals surface area contributed by atoms with Crippen molar-refractivity contribution >= 4 is 38.7 Å². The van der Waals surface area contributed by atoms with E-state index in [1.165, 1.54) is 29.8 Å². The van der Waals surface area contributed by atoms with Gasteiger partial charge in [-0.25, -0.2) is 8.42 Å². The van der Waals surface area contributed by atoms with Crippen molar-refractivity contribution in [2.24, 2.45) is 10.2 Å². The third-order valence-corrected chi connectivity index (χ3v) is 7.25. The van der Waals surface area contributed by atoms with Crippen LogP contribution in [-0.4, -0.2) is 44.5 Å². The highest BCUT2D eigenvalue weighted by Gasteiger charge is 2.23. The summed E-state index contributed by atoms with van der Waals surface area (Å²) in [6, 6.07) is 17.6. The first-order valence-electron chi connectivity index (χ1n) is 11.1. The third kappa shape index (κ3) is 6.64. The molecule has 0 aromatic heterocycles. The molecule has 0 radical (unpaired) electrons. The van der Waals surface area contributed by atoms with Crippen LogP contribution in [0.15, 0.2) is 81.9 Å². The average molecular weight is 530 g/mol. The molecule has 0 saturated carbocycles. The number of nitrogens with zero attached hydrogens (tertiary/aromatic N) is 4. The Morgan fingerprint density at radius 2 is 1.72 bits per heavy atom. The van der Waals surface area contributed by atoms with Crippen molar-refractivity contribution < 1.29 is 18.1 Å². The molecule has 3 aromatic rings. The van der Waals surface area contributed by atoms with Gasteiger partial charge in [-0.3, -0.25) is 19.7 Å². The van der Waals surface area contributed by atoms with Crippen LogP contribution in [0.2, 0.25) is 5.02 Å². The highest BCUT2D eigenvalue weighted by molar-refractivity contribution is 7.92. The third-order valence-electron chi connectivity index (χ3n) is 5.53. The van der Waals surface area contributed by atoms with E-state index in [2.05, 4.69) is 19.9 Å². The number of morpholine rings is 1. The number of rotatable bonds is 9. The van der Waals surface area contributed by atoms with Gasteiger partial charge >= 0.3 is 0 Å². The second-order valence-corrected chi connectivity index (χ2v) is 10.2. The molecule has 12 heteroatoms. The van der Waals surface area contributed by atoms with Gasteiger partial charge in [-0.1, -0.05) is 48.0 Å². The van der Waals surface area contributed by atoms with E-state index in [9.17, 15) is 18.5 Å². The van der Waals surface area contributed by atoms with Crippen LogP contribution in [0.25, 0.3) is 0 Å². The molecule has 0 aliphatic carbocycles. The van der Waals surface area contributed by atoms with Gasteiger partial charge in [-0.2, -0.15) is 10.2 Å². The van der Waals surface area contributed by atoms with E-state index in [1.54, 1.807) is 12.1 Å². The monoisotopic (exact) mass is 529 g/mol. The first kappa shape index (κ1) is 25.7. The second kappa shape index (κ2) is 11.6. The van der Waals surface area contributed by atoms with E-state index in [0.717, 1.165) is 44.5 Å². The first-order chi connectivity index (χ1) is 17.3. The van der Waals surface area contributed by atoms with Crippen LogP contribution in [-0.2, 0) is 27.8 Å². The minimum Gasteiger partial charge on any atom is -0.379 e. The van der Waals surface area contributed by atoms with Gasteiger partial charge in [0.25, 0.3) is 15.7 Å². The largest absolute Gasteiger partial charge is 0.379 e. The maximum absolute atomic E-state index is 13.1. The van der Waals surface area contributed by atoms with Gasteiger partial charge in [0.1, 0.15) is 10.6 Å². The number of anilines is 1. The van der Waals surface area contributed by atoms with Crippen LogP contribution in [0.1, 0.15) is 11.1 Å². The number of halogens is 1. The number of sulfonamides is 1. The quantitative estimate of drug-likeness (QED) is 0.231. The Morgan fingerprint density at radius 1 is 1.03 bits per heavy atom. The van der Waals surface area contributed by atoms with Gasteiger partial charge in [0.15, 0.2) is 0 Å². The summed E-state index contributed by atoms with van der Waals surface area (Å²) in [6.45, 7) is 4.35. The van der Waals surface area contributed by atoms with Crippen LogP contribution in [0, 0.1) is 10.1 Å². The fourth-order valence-electron chi connectivity index (χ4n) is 3.62. The summed E-state index contributed by atoms with van der Waals surface area (Å²) in [5.74, 6) is 0. The zero-order valence-electron chi connectivity index (χ0n) is 19.2. The SMILES string of the molecule is O=[N+]([O-])c1ccc(N=NCc2ccc(CN3CCOCC3)cc2)c(S(=O)(=O)Nc2ccccc2Cl)c1. The molecule has 1 saturated heterocycles. The molecule has 0 atom stereocenters.